The molecule has 0 unspecified atom stereocenters. The molecule has 0 saturated heterocycles. The van der Waals surface area contributed by atoms with Gasteiger partial charge in [0.2, 0.25) is 0 Å². The van der Waals surface area contributed by atoms with Gasteiger partial charge in [-0.25, -0.2) is 4.79 Å². The summed E-state index contributed by atoms with van der Waals surface area (Å²) in [5.41, 5.74) is -0.640. The van der Waals surface area contributed by atoms with Gasteiger partial charge in [-0.05, 0) is 12.1 Å². The Kier molecular flexibility index (Phi) is 3.15. The summed E-state index contributed by atoms with van der Waals surface area (Å²) in [6, 6.07) is 2.55. The molecule has 1 aromatic rings. The Balaban J connectivity index is 3.09. The summed E-state index contributed by atoms with van der Waals surface area (Å²) in [5.74, 6) is -5.33. The van der Waals surface area contributed by atoms with Crippen molar-refractivity contribution in [3.8, 4) is 0 Å². The Morgan fingerprint density at radius 2 is 2.29 bits per heavy atom. The van der Waals surface area contributed by atoms with Crippen LogP contribution in [0.5, 0.6) is 0 Å². The Hall–Kier alpha value is -1.04. The maximum atomic E-state index is 13.2. The predicted octanol–water partition coefficient (Wildman–Crippen LogP) is 2.11. The van der Waals surface area contributed by atoms with Crippen LogP contribution < -0.4 is 0 Å². The number of rotatable bonds is 2. The molecular formula is C8H6BrF2NO2. The molecule has 1 rings (SSSR count). The number of nitrogens with zero attached hydrogens (tertiary/aromatic N) is 1. The van der Waals surface area contributed by atoms with Gasteiger partial charge in [-0.2, -0.15) is 8.78 Å². The Labute approximate surface area is 87.2 Å². The number of aromatic nitrogens is 1. The van der Waals surface area contributed by atoms with E-state index in [2.05, 4.69) is 25.7 Å². The Morgan fingerprint density at radius 1 is 1.64 bits per heavy atom. The molecule has 0 aromatic carbocycles. The van der Waals surface area contributed by atoms with E-state index in [0.29, 0.717) is 4.47 Å². The Morgan fingerprint density at radius 3 is 2.79 bits per heavy atom. The van der Waals surface area contributed by atoms with Gasteiger partial charge in [-0.3, -0.25) is 4.98 Å². The third-order valence-corrected chi connectivity index (χ3v) is 1.98. The molecule has 0 aliphatic carbocycles. The quantitative estimate of drug-likeness (QED) is 0.769. The van der Waals surface area contributed by atoms with Gasteiger partial charge in [-0.15, -0.1) is 0 Å². The van der Waals surface area contributed by atoms with Crippen molar-refractivity contribution in [1.82, 2.24) is 4.98 Å². The fraction of sp³-hybridized carbons (Fsp3) is 0.250. The summed E-state index contributed by atoms with van der Waals surface area (Å²) in [6.07, 6.45) is 1.18. The van der Waals surface area contributed by atoms with Crippen molar-refractivity contribution in [2.75, 3.05) is 7.11 Å². The van der Waals surface area contributed by atoms with E-state index >= 15 is 0 Å². The number of hydrogen-bond donors (Lipinski definition) is 0. The molecule has 3 nitrogen and oxygen atoms in total. The van der Waals surface area contributed by atoms with Gasteiger partial charge in [0, 0.05) is 10.7 Å². The van der Waals surface area contributed by atoms with E-state index in [-0.39, 0.29) is 0 Å². The second-order valence-corrected chi connectivity index (χ2v) is 3.34. The second-order valence-electron chi connectivity index (χ2n) is 2.43. The molecule has 6 heteroatoms. The standard InChI is InChI=1S/C8H6BrF2NO2/c1-14-7(13)8(10,11)6-4-5(9)2-3-12-6/h2-4H,1H3. The highest BCUT2D eigenvalue weighted by molar-refractivity contribution is 9.10. The fourth-order valence-corrected chi connectivity index (χ4v) is 1.14. The highest BCUT2D eigenvalue weighted by Crippen LogP contribution is 2.28. The number of methoxy groups -OCH3 is 1. The molecule has 0 aliphatic heterocycles. The van der Waals surface area contributed by atoms with Crippen molar-refractivity contribution in [3.63, 3.8) is 0 Å². The van der Waals surface area contributed by atoms with Crippen molar-refractivity contribution in [1.29, 1.82) is 0 Å². The lowest BCUT2D eigenvalue weighted by atomic mass is 10.2. The van der Waals surface area contributed by atoms with Crippen molar-refractivity contribution < 1.29 is 18.3 Å². The number of ether oxygens (including phenoxy) is 1. The van der Waals surface area contributed by atoms with Crippen LogP contribution in [0, 0.1) is 0 Å². The number of pyridine rings is 1. The molecule has 0 N–H and O–H groups in total. The van der Waals surface area contributed by atoms with Crippen LogP contribution in [-0.2, 0) is 15.5 Å². The molecule has 0 aliphatic rings. The van der Waals surface area contributed by atoms with E-state index in [1.807, 2.05) is 0 Å². The maximum Gasteiger partial charge on any atom is 0.384 e. The van der Waals surface area contributed by atoms with Gasteiger partial charge in [-0.1, -0.05) is 15.9 Å². The number of carbonyl (C=O) groups excluding carboxylic acids is 1. The molecule has 0 atom stereocenters. The van der Waals surface area contributed by atoms with Crippen LogP contribution in [0.3, 0.4) is 0 Å². The lowest BCUT2D eigenvalue weighted by molar-refractivity contribution is -0.170. The van der Waals surface area contributed by atoms with Gasteiger partial charge >= 0.3 is 11.9 Å². The van der Waals surface area contributed by atoms with E-state index in [1.54, 1.807) is 0 Å². The first-order chi connectivity index (χ1) is 6.48. The van der Waals surface area contributed by atoms with Crippen LogP contribution >= 0.6 is 15.9 Å². The highest BCUT2D eigenvalue weighted by atomic mass is 79.9. The van der Waals surface area contributed by atoms with Crippen LogP contribution in [0.2, 0.25) is 0 Å². The van der Waals surface area contributed by atoms with Crippen molar-refractivity contribution in [2.24, 2.45) is 0 Å². The molecule has 0 spiro atoms. The topological polar surface area (TPSA) is 39.2 Å². The molecule has 1 aromatic heterocycles. The van der Waals surface area contributed by atoms with E-state index in [9.17, 15) is 13.6 Å². The van der Waals surface area contributed by atoms with Gasteiger partial charge in [0.25, 0.3) is 0 Å². The summed E-state index contributed by atoms with van der Waals surface area (Å²) in [4.78, 5) is 14.1. The minimum absolute atomic E-state index is 0.422. The van der Waals surface area contributed by atoms with Gasteiger partial charge < -0.3 is 4.74 Å². The van der Waals surface area contributed by atoms with Crippen LogP contribution in [-0.4, -0.2) is 18.1 Å². The summed E-state index contributed by atoms with van der Waals surface area (Å²) < 4.78 is 30.7. The molecule has 0 bridgehead atoms. The van der Waals surface area contributed by atoms with E-state index in [1.165, 1.54) is 12.3 Å². The average molecular weight is 266 g/mol. The first-order valence-electron chi connectivity index (χ1n) is 3.56. The summed E-state index contributed by atoms with van der Waals surface area (Å²) in [6.45, 7) is 0. The van der Waals surface area contributed by atoms with Gasteiger partial charge in [0.15, 0.2) is 0 Å². The van der Waals surface area contributed by atoms with E-state index in [4.69, 9.17) is 0 Å². The van der Waals surface area contributed by atoms with Gasteiger partial charge in [0.1, 0.15) is 5.69 Å². The van der Waals surface area contributed by atoms with Crippen molar-refractivity contribution in [3.05, 3.63) is 28.5 Å². The maximum absolute atomic E-state index is 13.2. The van der Waals surface area contributed by atoms with Crippen molar-refractivity contribution in [2.45, 2.75) is 5.92 Å². The zero-order valence-electron chi connectivity index (χ0n) is 7.13. The highest BCUT2D eigenvalue weighted by Gasteiger charge is 2.43. The second kappa shape index (κ2) is 4.00. The molecule has 0 fully saturated rings. The minimum Gasteiger partial charge on any atom is -0.464 e. The SMILES string of the molecule is COC(=O)C(F)(F)c1cc(Br)ccn1. The first-order valence-corrected chi connectivity index (χ1v) is 4.36. The fourth-order valence-electron chi connectivity index (χ4n) is 0.809. The normalized spacial score (nSPS) is 11.1. The average Bonchev–Trinajstić information content (AvgIpc) is 2.16. The largest absolute Gasteiger partial charge is 0.464 e. The van der Waals surface area contributed by atoms with E-state index in [0.717, 1.165) is 13.2 Å². The van der Waals surface area contributed by atoms with Crippen LogP contribution in [0.25, 0.3) is 0 Å². The lowest BCUT2D eigenvalue weighted by Gasteiger charge is -2.12. The molecular weight excluding hydrogens is 260 g/mol. The smallest absolute Gasteiger partial charge is 0.384 e. The molecule has 0 radical (unpaired) electrons. The predicted molar refractivity (Wildman–Crippen MR) is 47.8 cm³/mol. The monoisotopic (exact) mass is 265 g/mol. The summed E-state index contributed by atoms with van der Waals surface area (Å²) in [7, 11) is 0.897. The molecule has 0 saturated carbocycles. The van der Waals surface area contributed by atoms with Crippen molar-refractivity contribution >= 4 is 21.9 Å². The molecule has 0 amide bonds. The Bertz CT molecular complexity index is 357. The summed E-state index contributed by atoms with van der Waals surface area (Å²) >= 11 is 3.00. The molecule has 14 heavy (non-hydrogen) atoms. The lowest BCUT2D eigenvalue weighted by Crippen LogP contribution is -2.28. The van der Waals surface area contributed by atoms with Crippen LogP contribution in [0.1, 0.15) is 5.69 Å². The number of carbonyl (C=O) groups is 1. The van der Waals surface area contributed by atoms with Crippen LogP contribution in [0.15, 0.2) is 22.8 Å². The number of hydrogen-bond acceptors (Lipinski definition) is 3. The number of halogens is 3. The minimum atomic E-state index is -3.71. The summed E-state index contributed by atoms with van der Waals surface area (Å²) in [5, 5.41) is 0. The van der Waals surface area contributed by atoms with E-state index < -0.39 is 17.6 Å². The van der Waals surface area contributed by atoms with Gasteiger partial charge in [0.05, 0.1) is 7.11 Å². The molecule has 1 heterocycles. The number of esters is 1. The zero-order chi connectivity index (χ0) is 10.8. The first kappa shape index (κ1) is 11.0. The number of alkyl halides is 2. The third kappa shape index (κ3) is 2.06. The molecule has 76 valence electrons. The third-order valence-electron chi connectivity index (χ3n) is 1.49. The van der Waals surface area contributed by atoms with Crippen LogP contribution in [0.4, 0.5) is 8.78 Å². The zero-order valence-corrected chi connectivity index (χ0v) is 8.72.